The fourth-order valence-corrected chi connectivity index (χ4v) is 1.66. The van der Waals surface area contributed by atoms with E-state index < -0.39 is 33.5 Å². The van der Waals surface area contributed by atoms with Crippen LogP contribution >= 0.6 is 0 Å². The first-order valence-corrected chi connectivity index (χ1v) is 5.85. The van der Waals surface area contributed by atoms with Crippen LogP contribution in [0.25, 0.3) is 0 Å². The maximum Gasteiger partial charge on any atom is 0.275 e. The molecule has 0 radical (unpaired) electrons. The summed E-state index contributed by atoms with van der Waals surface area (Å²) in [5, 5.41) is 22.1. The van der Waals surface area contributed by atoms with Crippen LogP contribution in [0.2, 0.25) is 0 Å². The van der Waals surface area contributed by atoms with Crippen LogP contribution in [0.3, 0.4) is 0 Å². The van der Waals surface area contributed by atoms with Crippen molar-refractivity contribution in [3.63, 3.8) is 0 Å². The number of hydrogen-bond acceptors (Lipinski definition) is 4. The SMILES string of the molecule is CCC(C)(CCO)Nc1c(F)cc([N+](=O)[O-])cc1F. The predicted octanol–water partition coefficient (Wildman–Crippen LogP) is 2.84. The summed E-state index contributed by atoms with van der Waals surface area (Å²) in [5.41, 5.74) is -1.74. The summed E-state index contributed by atoms with van der Waals surface area (Å²) in [7, 11) is 0. The van der Waals surface area contributed by atoms with E-state index in [4.69, 9.17) is 5.11 Å². The molecule has 1 aromatic rings. The molecule has 7 heteroatoms. The first-order chi connectivity index (χ1) is 8.83. The molecule has 0 spiro atoms. The van der Waals surface area contributed by atoms with Gasteiger partial charge in [-0.3, -0.25) is 10.1 Å². The number of non-ortho nitro benzene ring substituents is 1. The fraction of sp³-hybridized carbons (Fsp3) is 0.500. The van der Waals surface area contributed by atoms with Gasteiger partial charge in [-0.2, -0.15) is 0 Å². The summed E-state index contributed by atoms with van der Waals surface area (Å²) in [6.45, 7) is 3.39. The van der Waals surface area contributed by atoms with Gasteiger partial charge in [0.15, 0.2) is 11.6 Å². The van der Waals surface area contributed by atoms with Gasteiger partial charge in [0.25, 0.3) is 5.69 Å². The van der Waals surface area contributed by atoms with E-state index in [1.807, 2.05) is 6.92 Å². The first kappa shape index (κ1) is 15.3. The summed E-state index contributed by atoms with van der Waals surface area (Å²) < 4.78 is 27.4. The number of nitro benzene ring substituents is 1. The molecule has 0 aliphatic carbocycles. The summed E-state index contributed by atoms with van der Waals surface area (Å²) in [5.74, 6) is -2.05. The molecular weight excluding hydrogens is 258 g/mol. The Balaban J connectivity index is 3.11. The van der Waals surface area contributed by atoms with E-state index in [2.05, 4.69) is 5.32 Å². The molecule has 0 aliphatic rings. The van der Waals surface area contributed by atoms with Crippen molar-refractivity contribution in [2.45, 2.75) is 32.2 Å². The molecule has 0 saturated heterocycles. The van der Waals surface area contributed by atoms with Crippen molar-refractivity contribution in [1.29, 1.82) is 0 Å². The van der Waals surface area contributed by atoms with Gasteiger partial charge >= 0.3 is 0 Å². The number of aliphatic hydroxyl groups excluding tert-OH is 1. The van der Waals surface area contributed by atoms with Gasteiger partial charge in [0.05, 0.1) is 17.1 Å². The van der Waals surface area contributed by atoms with Crippen LogP contribution < -0.4 is 5.32 Å². The maximum absolute atomic E-state index is 13.7. The van der Waals surface area contributed by atoms with Crippen molar-refractivity contribution in [2.75, 3.05) is 11.9 Å². The van der Waals surface area contributed by atoms with Gasteiger partial charge in [-0.1, -0.05) is 6.92 Å². The highest BCUT2D eigenvalue weighted by molar-refractivity contribution is 5.53. The number of hydrogen-bond donors (Lipinski definition) is 2. The van der Waals surface area contributed by atoms with Gasteiger partial charge in [-0.15, -0.1) is 0 Å². The van der Waals surface area contributed by atoms with Gasteiger partial charge in [0.1, 0.15) is 5.69 Å². The largest absolute Gasteiger partial charge is 0.396 e. The molecule has 0 heterocycles. The molecule has 0 fully saturated rings. The zero-order chi connectivity index (χ0) is 14.6. The number of nitrogens with one attached hydrogen (secondary N) is 1. The van der Waals surface area contributed by atoms with E-state index in [1.165, 1.54) is 0 Å². The lowest BCUT2D eigenvalue weighted by Crippen LogP contribution is -2.35. The quantitative estimate of drug-likeness (QED) is 0.618. The van der Waals surface area contributed by atoms with Crippen molar-refractivity contribution in [3.8, 4) is 0 Å². The zero-order valence-electron chi connectivity index (χ0n) is 10.7. The minimum absolute atomic E-state index is 0.131. The topological polar surface area (TPSA) is 75.4 Å². The lowest BCUT2D eigenvalue weighted by molar-refractivity contribution is -0.385. The average molecular weight is 274 g/mol. The number of halogens is 2. The van der Waals surface area contributed by atoms with E-state index >= 15 is 0 Å². The van der Waals surface area contributed by atoms with Crippen LogP contribution in [-0.2, 0) is 0 Å². The number of aliphatic hydroxyl groups is 1. The monoisotopic (exact) mass is 274 g/mol. The molecule has 1 atom stereocenters. The highest BCUT2D eigenvalue weighted by Gasteiger charge is 2.26. The molecule has 106 valence electrons. The minimum atomic E-state index is -1.02. The second-order valence-electron chi connectivity index (χ2n) is 4.55. The molecule has 1 unspecified atom stereocenters. The molecule has 1 aromatic carbocycles. The Morgan fingerprint density at radius 1 is 1.42 bits per heavy atom. The third kappa shape index (κ3) is 3.60. The van der Waals surface area contributed by atoms with Gasteiger partial charge < -0.3 is 10.4 Å². The second kappa shape index (κ2) is 5.92. The van der Waals surface area contributed by atoms with Gasteiger partial charge in [0, 0.05) is 12.1 Å². The number of nitro groups is 1. The van der Waals surface area contributed by atoms with E-state index in [-0.39, 0.29) is 6.61 Å². The Morgan fingerprint density at radius 2 is 1.95 bits per heavy atom. The summed E-state index contributed by atoms with van der Waals surface area (Å²) >= 11 is 0. The normalized spacial score (nSPS) is 13.9. The van der Waals surface area contributed by atoms with E-state index in [1.54, 1.807) is 6.92 Å². The molecular formula is C12H16F2N2O3. The van der Waals surface area contributed by atoms with Crippen molar-refractivity contribution in [2.24, 2.45) is 0 Å². The Kier molecular flexibility index (Phi) is 4.77. The standard InChI is InChI=1S/C12H16F2N2O3/c1-3-12(2,4-5-17)15-11-9(13)6-8(16(18)19)7-10(11)14/h6-7,15,17H,3-5H2,1-2H3. The lowest BCUT2D eigenvalue weighted by atomic mass is 9.94. The molecule has 0 aliphatic heterocycles. The van der Waals surface area contributed by atoms with Gasteiger partial charge in [0.2, 0.25) is 0 Å². The number of anilines is 1. The number of rotatable bonds is 6. The molecule has 0 aromatic heterocycles. The Hall–Kier alpha value is -1.76. The molecule has 5 nitrogen and oxygen atoms in total. The molecule has 0 saturated carbocycles. The van der Waals surface area contributed by atoms with Crippen LogP contribution in [0, 0.1) is 21.7 Å². The van der Waals surface area contributed by atoms with Crippen LogP contribution in [-0.4, -0.2) is 22.2 Å². The van der Waals surface area contributed by atoms with E-state index in [0.29, 0.717) is 25.0 Å². The number of benzene rings is 1. The molecule has 1 rings (SSSR count). The van der Waals surface area contributed by atoms with Crippen molar-refractivity contribution >= 4 is 11.4 Å². The Labute approximate surface area is 109 Å². The third-order valence-electron chi connectivity index (χ3n) is 3.11. The highest BCUT2D eigenvalue weighted by Crippen LogP contribution is 2.29. The van der Waals surface area contributed by atoms with Gasteiger partial charge in [-0.25, -0.2) is 8.78 Å². The van der Waals surface area contributed by atoms with Crippen molar-refractivity contribution in [3.05, 3.63) is 33.9 Å². The minimum Gasteiger partial charge on any atom is -0.396 e. The first-order valence-electron chi connectivity index (χ1n) is 5.85. The van der Waals surface area contributed by atoms with E-state index in [0.717, 1.165) is 0 Å². The summed E-state index contributed by atoms with van der Waals surface area (Å²) in [6, 6.07) is 1.33. The van der Waals surface area contributed by atoms with Crippen molar-refractivity contribution < 1.29 is 18.8 Å². The van der Waals surface area contributed by atoms with E-state index in [9.17, 15) is 18.9 Å². The Bertz CT molecular complexity index is 459. The highest BCUT2D eigenvalue weighted by atomic mass is 19.1. The average Bonchev–Trinajstić information content (AvgIpc) is 2.34. The summed E-state index contributed by atoms with van der Waals surface area (Å²) in [4.78, 5) is 9.62. The molecule has 0 amide bonds. The molecule has 19 heavy (non-hydrogen) atoms. The zero-order valence-corrected chi connectivity index (χ0v) is 10.7. The smallest absolute Gasteiger partial charge is 0.275 e. The molecule has 2 N–H and O–H groups in total. The van der Waals surface area contributed by atoms with Crippen LogP contribution in [0.5, 0.6) is 0 Å². The fourth-order valence-electron chi connectivity index (χ4n) is 1.66. The van der Waals surface area contributed by atoms with Crippen LogP contribution in [0.15, 0.2) is 12.1 Å². The second-order valence-corrected chi connectivity index (χ2v) is 4.55. The molecule has 0 bridgehead atoms. The van der Waals surface area contributed by atoms with Crippen LogP contribution in [0.4, 0.5) is 20.2 Å². The number of nitrogens with zero attached hydrogens (tertiary/aromatic N) is 1. The predicted molar refractivity (Wildman–Crippen MR) is 67.0 cm³/mol. The van der Waals surface area contributed by atoms with Crippen LogP contribution in [0.1, 0.15) is 26.7 Å². The summed E-state index contributed by atoms with van der Waals surface area (Å²) in [6.07, 6.45) is 0.836. The maximum atomic E-state index is 13.7. The third-order valence-corrected chi connectivity index (χ3v) is 3.11. The van der Waals surface area contributed by atoms with Gasteiger partial charge in [-0.05, 0) is 19.8 Å². The lowest BCUT2D eigenvalue weighted by Gasteiger charge is -2.30. The van der Waals surface area contributed by atoms with Crippen molar-refractivity contribution in [1.82, 2.24) is 0 Å². The Morgan fingerprint density at radius 3 is 2.32 bits per heavy atom.